The number of fused-ring (bicyclic) bond motifs is 1. The number of amidine groups is 1. The first-order valence-corrected chi connectivity index (χ1v) is 8.31. The Bertz CT molecular complexity index is 940. The molecule has 0 amide bonds. The van der Waals surface area contributed by atoms with Crippen LogP contribution in [0.2, 0.25) is 0 Å². The lowest BCUT2D eigenvalue weighted by Crippen LogP contribution is -2.36. The van der Waals surface area contributed by atoms with Crippen LogP contribution in [0.25, 0.3) is 22.4 Å². The van der Waals surface area contributed by atoms with E-state index in [9.17, 15) is 0 Å². The van der Waals surface area contributed by atoms with E-state index in [1.807, 2.05) is 54.4 Å². The fourth-order valence-electron chi connectivity index (χ4n) is 3.00. The summed E-state index contributed by atoms with van der Waals surface area (Å²) in [6, 6.07) is 23.1. The zero-order valence-corrected chi connectivity index (χ0v) is 14.6. The minimum Gasteiger partial charge on any atom is -0.468 e. The number of oxime groups is 1. The molecule has 1 aliphatic heterocycles. The summed E-state index contributed by atoms with van der Waals surface area (Å²) >= 11 is 0. The average Bonchev–Trinajstić information content (AvgIpc) is 2.71. The summed E-state index contributed by atoms with van der Waals surface area (Å²) in [6.07, 6.45) is 0. The van der Waals surface area contributed by atoms with Crippen LogP contribution in [0.1, 0.15) is 0 Å². The number of rotatable bonds is 3. The van der Waals surface area contributed by atoms with Crippen LogP contribution in [0, 0.1) is 6.07 Å². The van der Waals surface area contributed by atoms with Gasteiger partial charge in [0.05, 0.1) is 5.69 Å². The zero-order chi connectivity index (χ0) is 17.9. The largest absolute Gasteiger partial charge is 0.468 e. The fraction of sp³-hybridized carbons (Fsp3) is 0.143. The number of ether oxygens (including phenoxy) is 1. The highest BCUT2D eigenvalue weighted by atomic mass is 16.6. The number of aromatic nitrogens is 1. The summed E-state index contributed by atoms with van der Waals surface area (Å²) < 4.78 is 5.84. The van der Waals surface area contributed by atoms with Gasteiger partial charge >= 0.3 is 0 Å². The summed E-state index contributed by atoms with van der Waals surface area (Å²) in [5.74, 6) is 1.29. The molecule has 1 aliphatic rings. The molecule has 2 aromatic carbocycles. The topological polar surface area (TPSA) is 47.0 Å². The lowest BCUT2D eigenvalue weighted by atomic mass is 9.98. The molecular weight excluding hydrogens is 326 g/mol. The van der Waals surface area contributed by atoms with Crippen molar-refractivity contribution in [2.24, 2.45) is 5.16 Å². The van der Waals surface area contributed by atoms with Crippen molar-refractivity contribution in [3.63, 3.8) is 0 Å². The van der Waals surface area contributed by atoms with Gasteiger partial charge in [-0.15, -0.1) is 0 Å². The monoisotopic (exact) mass is 344 g/mol. The molecule has 0 aliphatic carbocycles. The summed E-state index contributed by atoms with van der Waals surface area (Å²) in [5.41, 5.74) is 4.88. The summed E-state index contributed by atoms with van der Waals surface area (Å²) in [6.45, 7) is 0.316. The molecule has 129 valence electrons. The second-order valence-corrected chi connectivity index (χ2v) is 5.90. The zero-order valence-electron chi connectivity index (χ0n) is 14.6. The first-order valence-electron chi connectivity index (χ1n) is 8.31. The summed E-state index contributed by atoms with van der Waals surface area (Å²) in [7, 11) is 3.46. The van der Waals surface area contributed by atoms with E-state index in [0.717, 1.165) is 28.1 Å². The van der Waals surface area contributed by atoms with Crippen molar-refractivity contribution >= 4 is 11.5 Å². The van der Waals surface area contributed by atoms with E-state index < -0.39 is 0 Å². The molecule has 4 rings (SSSR count). The Hall–Kier alpha value is -3.34. The lowest BCUT2D eigenvalue weighted by molar-refractivity contribution is 0.208. The highest BCUT2D eigenvalue weighted by Crippen LogP contribution is 2.39. The van der Waals surface area contributed by atoms with E-state index in [1.165, 1.54) is 7.11 Å². The van der Waals surface area contributed by atoms with Gasteiger partial charge in [0.25, 0.3) is 0 Å². The standard InChI is InChI=1S/C21H18N3O2/c1-24-18-13-17(15-9-5-3-6-10-15)20(16-11-7-4-8-12-16)22-21(18)26-14-19(24)23-25-2/h3,5-13H,14H2,1-2H3. The number of anilines is 1. The van der Waals surface area contributed by atoms with Crippen LogP contribution in [0.3, 0.4) is 0 Å². The molecule has 5 nitrogen and oxygen atoms in total. The Kier molecular flexibility index (Phi) is 4.27. The van der Waals surface area contributed by atoms with Gasteiger partial charge in [-0.1, -0.05) is 59.8 Å². The first kappa shape index (κ1) is 16.1. The van der Waals surface area contributed by atoms with Crippen molar-refractivity contribution in [2.45, 2.75) is 0 Å². The molecule has 5 heteroatoms. The van der Waals surface area contributed by atoms with Gasteiger partial charge in [-0.25, -0.2) is 4.98 Å². The van der Waals surface area contributed by atoms with Gasteiger partial charge < -0.3 is 14.5 Å². The molecule has 0 saturated carbocycles. The molecule has 26 heavy (non-hydrogen) atoms. The van der Waals surface area contributed by atoms with Gasteiger partial charge in [0.15, 0.2) is 12.4 Å². The number of nitrogens with zero attached hydrogens (tertiary/aromatic N) is 3. The molecule has 0 fully saturated rings. The molecule has 1 aromatic heterocycles. The molecule has 0 unspecified atom stereocenters. The minimum absolute atomic E-state index is 0.316. The highest BCUT2D eigenvalue weighted by Gasteiger charge is 2.25. The van der Waals surface area contributed by atoms with Crippen molar-refractivity contribution in [2.75, 3.05) is 25.7 Å². The fourth-order valence-corrected chi connectivity index (χ4v) is 3.00. The second kappa shape index (κ2) is 6.88. The van der Waals surface area contributed by atoms with Gasteiger partial charge in [-0.2, -0.15) is 0 Å². The molecule has 0 bridgehead atoms. The maximum Gasteiger partial charge on any atom is 0.239 e. The molecule has 0 atom stereocenters. The number of pyridine rings is 1. The highest BCUT2D eigenvalue weighted by molar-refractivity contribution is 6.02. The van der Waals surface area contributed by atoms with Crippen LogP contribution >= 0.6 is 0 Å². The Morgan fingerprint density at radius 1 is 1.12 bits per heavy atom. The molecule has 1 radical (unpaired) electrons. The number of likely N-dealkylation sites (N-methyl/N-ethyl adjacent to an activating group) is 1. The van der Waals surface area contributed by atoms with Crippen molar-refractivity contribution < 1.29 is 9.57 Å². The third-order valence-corrected chi connectivity index (χ3v) is 4.33. The maximum atomic E-state index is 5.84. The Balaban J connectivity index is 1.92. The second-order valence-electron chi connectivity index (χ2n) is 5.90. The van der Waals surface area contributed by atoms with E-state index in [4.69, 9.17) is 14.6 Å². The van der Waals surface area contributed by atoms with E-state index in [2.05, 4.69) is 29.4 Å². The summed E-state index contributed by atoms with van der Waals surface area (Å²) in [4.78, 5) is 11.7. The predicted octanol–water partition coefficient (Wildman–Crippen LogP) is 4.00. The van der Waals surface area contributed by atoms with E-state index in [1.54, 1.807) is 0 Å². The molecular formula is C21H18N3O2. The number of hydrogen-bond donors (Lipinski definition) is 0. The third-order valence-electron chi connectivity index (χ3n) is 4.33. The summed E-state index contributed by atoms with van der Waals surface area (Å²) in [5, 5.41) is 4.03. The Labute approximate surface area is 152 Å². The Morgan fingerprint density at radius 2 is 1.88 bits per heavy atom. The van der Waals surface area contributed by atoms with Gasteiger partial charge in [0.1, 0.15) is 12.8 Å². The third kappa shape index (κ3) is 2.88. The van der Waals surface area contributed by atoms with Crippen LogP contribution in [-0.2, 0) is 4.84 Å². The van der Waals surface area contributed by atoms with Crippen LogP contribution in [-0.4, -0.2) is 31.6 Å². The van der Waals surface area contributed by atoms with Gasteiger partial charge in [-0.3, -0.25) is 0 Å². The van der Waals surface area contributed by atoms with Gasteiger partial charge in [0, 0.05) is 18.2 Å². The molecule has 0 spiro atoms. The van der Waals surface area contributed by atoms with Crippen LogP contribution < -0.4 is 9.64 Å². The minimum atomic E-state index is 0.316. The molecule has 0 N–H and O–H groups in total. The predicted molar refractivity (Wildman–Crippen MR) is 102 cm³/mol. The van der Waals surface area contributed by atoms with E-state index in [0.29, 0.717) is 18.3 Å². The molecule has 0 saturated heterocycles. The Morgan fingerprint density at radius 3 is 2.62 bits per heavy atom. The quantitative estimate of drug-likeness (QED) is 0.674. The number of hydrogen-bond acceptors (Lipinski definition) is 4. The van der Waals surface area contributed by atoms with E-state index in [-0.39, 0.29) is 0 Å². The first-order chi connectivity index (χ1) is 12.8. The SMILES string of the molecule is CON=C1COc2nc(-c3cc[c]cc3)c(-c3ccccc3)cc2N1C. The van der Waals surface area contributed by atoms with E-state index >= 15 is 0 Å². The van der Waals surface area contributed by atoms with Crippen LogP contribution in [0.5, 0.6) is 5.88 Å². The maximum absolute atomic E-state index is 5.84. The number of benzene rings is 2. The van der Waals surface area contributed by atoms with Crippen LogP contribution in [0.4, 0.5) is 5.69 Å². The van der Waals surface area contributed by atoms with Crippen molar-refractivity contribution in [1.82, 2.24) is 4.98 Å². The van der Waals surface area contributed by atoms with Crippen LogP contribution in [0.15, 0.2) is 65.8 Å². The van der Waals surface area contributed by atoms with Crippen molar-refractivity contribution in [3.8, 4) is 28.3 Å². The van der Waals surface area contributed by atoms with Gasteiger partial charge in [-0.05, 0) is 17.7 Å². The average molecular weight is 344 g/mol. The smallest absolute Gasteiger partial charge is 0.239 e. The molecule has 2 heterocycles. The molecule has 3 aromatic rings. The van der Waals surface area contributed by atoms with Gasteiger partial charge in [0.2, 0.25) is 5.88 Å². The van der Waals surface area contributed by atoms with Crippen molar-refractivity contribution in [3.05, 3.63) is 66.7 Å². The lowest BCUT2D eigenvalue weighted by Gasteiger charge is -2.28. The van der Waals surface area contributed by atoms with Crippen molar-refractivity contribution in [1.29, 1.82) is 0 Å². The normalized spacial score (nSPS) is 14.7.